The monoisotopic (exact) mass is 600 g/mol. The van der Waals surface area contributed by atoms with Gasteiger partial charge in [0.1, 0.15) is 0 Å². The van der Waals surface area contributed by atoms with E-state index in [0.29, 0.717) is 0 Å². The molecule has 0 aromatic carbocycles. The Bertz CT molecular complexity index is 283. The third kappa shape index (κ3) is 12.8. The van der Waals surface area contributed by atoms with E-state index in [2.05, 4.69) is 39.2 Å². The molecule has 26 N–H and O–H groups in total. The zero-order chi connectivity index (χ0) is 13.1. The van der Waals surface area contributed by atoms with Crippen LogP contribution in [0.2, 0.25) is 0 Å². The summed E-state index contributed by atoms with van der Waals surface area (Å²) in [5.74, 6) is 0. The first-order valence-electron chi connectivity index (χ1n) is 7.59. The Labute approximate surface area is 218 Å². The minimum Gasteiger partial charge on any atom is -1.00 e. The summed E-state index contributed by atoms with van der Waals surface area (Å²) < 4.78 is 0. The van der Waals surface area contributed by atoms with E-state index in [4.69, 9.17) is 0 Å². The molecular formula is C12H50Cl2N8O10Zn+6. The van der Waals surface area contributed by atoms with E-state index in [1.54, 1.807) is 0 Å². The van der Waals surface area contributed by atoms with Gasteiger partial charge in [-0.2, -0.15) is 0 Å². The van der Waals surface area contributed by atoms with Crippen LogP contribution in [0.25, 0.3) is 0 Å². The van der Waals surface area contributed by atoms with Gasteiger partial charge in [-0.3, -0.25) is 39.2 Å². The van der Waals surface area contributed by atoms with Crippen LogP contribution < -0.4 is 24.8 Å². The van der Waals surface area contributed by atoms with E-state index in [0.717, 1.165) is 0 Å². The van der Waals surface area contributed by atoms with E-state index in [9.17, 15) is 0 Å². The summed E-state index contributed by atoms with van der Waals surface area (Å²) in [6.07, 6.45) is 0. The first kappa shape index (κ1) is 58.9. The van der Waals surface area contributed by atoms with Crippen molar-refractivity contribution in [2.75, 3.05) is 80.0 Å². The van der Waals surface area contributed by atoms with E-state index < -0.39 is 0 Å². The maximum absolute atomic E-state index is 2.47. The third-order valence-electron chi connectivity index (χ3n) is 4.80. The van der Waals surface area contributed by atoms with Crippen molar-refractivity contribution in [3.05, 3.63) is 0 Å². The average Bonchev–Trinajstić information content (AvgIpc) is 2.35. The van der Waals surface area contributed by atoms with Crippen molar-refractivity contribution in [2.45, 2.75) is 0 Å². The predicted molar refractivity (Wildman–Crippen MR) is 117 cm³/mol. The molecule has 8 heterocycles. The molecule has 0 aliphatic carbocycles. The number of hydrogen-bond acceptors (Lipinski definition) is 8. The van der Waals surface area contributed by atoms with E-state index in [1.165, 1.54) is 80.0 Å². The maximum atomic E-state index is 2.47. The summed E-state index contributed by atoms with van der Waals surface area (Å²) >= 11 is 0. The molecule has 8 saturated heterocycles. The van der Waals surface area contributed by atoms with Crippen molar-refractivity contribution in [2.24, 2.45) is 0 Å². The fourth-order valence-electron chi connectivity index (χ4n) is 4.47. The second-order valence-corrected chi connectivity index (χ2v) is 7.06. The van der Waals surface area contributed by atoms with E-state index in [-0.39, 0.29) is 99.1 Å². The van der Waals surface area contributed by atoms with Crippen LogP contribution in [0, 0.1) is 0 Å². The first-order chi connectivity index (χ1) is 9.80. The van der Waals surface area contributed by atoms with Gasteiger partial charge < -0.3 is 79.6 Å². The van der Waals surface area contributed by atoms with Gasteiger partial charge in [-0.1, -0.05) is 0 Å². The van der Waals surface area contributed by atoms with Crippen molar-refractivity contribution in [1.82, 2.24) is 39.2 Å². The van der Waals surface area contributed by atoms with Gasteiger partial charge in [0.15, 0.2) is 0 Å². The number of hydrogen-bond donors (Lipinski definition) is 0. The third-order valence-corrected chi connectivity index (χ3v) is 4.80. The molecule has 18 nitrogen and oxygen atoms in total. The SMILES string of the molecule is C1N2CN3CN1CN(C2)C3.C1N2CN3CN1CN(C2)C3.O.O.O.O.[Cl-].[Cl-].[OH3+].[OH3+].[OH3+].[OH3+].[OH3+].[OH3+].[Zn+2]. The van der Waals surface area contributed by atoms with Crippen molar-refractivity contribution in [3.63, 3.8) is 0 Å². The zero-order valence-corrected chi connectivity index (χ0v) is 23.5. The topological polar surface area (TPSA) is 350 Å². The Hall–Kier alpha value is 0.483. The van der Waals surface area contributed by atoms with E-state index >= 15 is 0 Å². The Kier molecular flexibility index (Phi) is 43.2. The summed E-state index contributed by atoms with van der Waals surface area (Å²) in [6.45, 7) is 14.2. The van der Waals surface area contributed by atoms with Crippen molar-refractivity contribution in [3.8, 4) is 0 Å². The standard InChI is InChI=1S/2C6H12N4.2ClH.10H2O.Zn/c2*1-7-2-9-4-8(1)5-10(3-7)6-9;;;;;;;;;;;;;/h2*1-6H2;2*1H;10*1H2;/q;;;;;;;;;;;;;;+2/p+4. The van der Waals surface area contributed by atoms with Crippen LogP contribution in [0.4, 0.5) is 0 Å². The van der Waals surface area contributed by atoms with Crippen LogP contribution in [-0.4, -0.2) is 141 Å². The average molecular weight is 603 g/mol. The number of rotatable bonds is 0. The molecule has 208 valence electrons. The molecule has 0 unspecified atom stereocenters. The summed E-state index contributed by atoms with van der Waals surface area (Å²) in [5.41, 5.74) is 0. The number of nitrogens with zero attached hydrogens (tertiary/aromatic N) is 8. The molecule has 21 heteroatoms. The van der Waals surface area contributed by atoms with Crippen LogP contribution in [0.15, 0.2) is 0 Å². The molecule has 8 aliphatic heterocycles. The van der Waals surface area contributed by atoms with Crippen LogP contribution >= 0.6 is 0 Å². The van der Waals surface area contributed by atoms with Crippen molar-refractivity contribution >= 4 is 0 Å². The first-order valence-corrected chi connectivity index (χ1v) is 7.59. The molecule has 0 atom stereocenters. The molecule has 0 aromatic rings. The normalized spacial score (nSPS) is 34.9. The maximum Gasteiger partial charge on any atom is 2.00 e. The second-order valence-electron chi connectivity index (χ2n) is 7.06. The van der Waals surface area contributed by atoms with Crippen LogP contribution in [0.3, 0.4) is 0 Å². The minimum atomic E-state index is 0. The molecular weight excluding hydrogens is 552 g/mol. The molecule has 8 rings (SSSR count). The summed E-state index contributed by atoms with van der Waals surface area (Å²) in [5, 5.41) is 0. The summed E-state index contributed by atoms with van der Waals surface area (Å²) in [6, 6.07) is 0. The smallest absolute Gasteiger partial charge is 1.00 e. The molecule has 8 aliphatic rings. The Balaban J connectivity index is -0.0000000358. The van der Waals surface area contributed by atoms with Gasteiger partial charge >= 0.3 is 19.5 Å². The van der Waals surface area contributed by atoms with Crippen LogP contribution in [0.5, 0.6) is 0 Å². The predicted octanol–water partition coefficient (Wildman–Crippen LogP) is -16.9. The van der Waals surface area contributed by atoms with Gasteiger partial charge in [0.2, 0.25) is 0 Å². The fraction of sp³-hybridized carbons (Fsp3) is 1.00. The zero-order valence-electron chi connectivity index (χ0n) is 19.0. The molecule has 0 radical (unpaired) electrons. The Morgan fingerprint density at radius 1 is 0.242 bits per heavy atom. The van der Waals surface area contributed by atoms with Gasteiger partial charge in [0, 0.05) is 0 Å². The minimum absolute atomic E-state index is 0. The quantitative estimate of drug-likeness (QED) is 0.188. The van der Waals surface area contributed by atoms with Gasteiger partial charge in [0.25, 0.3) is 0 Å². The number of halogens is 2. The molecule has 0 saturated carbocycles. The van der Waals surface area contributed by atoms with Gasteiger partial charge in [-0.15, -0.1) is 0 Å². The van der Waals surface area contributed by atoms with Crippen molar-refractivity contribution < 1.29 is 99.1 Å². The van der Waals surface area contributed by atoms with E-state index in [1.807, 2.05) is 0 Å². The molecule has 8 fully saturated rings. The fourth-order valence-corrected chi connectivity index (χ4v) is 4.47. The Morgan fingerprint density at radius 3 is 0.364 bits per heavy atom. The second kappa shape index (κ2) is 24.2. The summed E-state index contributed by atoms with van der Waals surface area (Å²) in [7, 11) is 0. The van der Waals surface area contributed by atoms with Gasteiger partial charge in [-0.05, 0) is 0 Å². The summed E-state index contributed by atoms with van der Waals surface area (Å²) in [4.78, 5) is 19.8. The Morgan fingerprint density at radius 2 is 0.303 bits per heavy atom. The molecule has 0 aromatic heterocycles. The van der Waals surface area contributed by atoms with Gasteiger partial charge in [-0.25, -0.2) is 0 Å². The molecule has 8 bridgehead atoms. The largest absolute Gasteiger partial charge is 2.00 e. The molecule has 33 heavy (non-hydrogen) atoms. The van der Waals surface area contributed by atoms with Gasteiger partial charge in [0.05, 0.1) is 80.0 Å². The molecule has 0 amide bonds. The van der Waals surface area contributed by atoms with Crippen LogP contribution in [-0.2, 0) is 52.3 Å². The van der Waals surface area contributed by atoms with Crippen LogP contribution in [0.1, 0.15) is 0 Å². The van der Waals surface area contributed by atoms with Crippen molar-refractivity contribution in [1.29, 1.82) is 0 Å². The molecule has 0 spiro atoms.